The van der Waals surface area contributed by atoms with E-state index >= 15 is 0 Å². The lowest BCUT2D eigenvalue weighted by molar-refractivity contribution is 0.466. The summed E-state index contributed by atoms with van der Waals surface area (Å²) in [6.45, 7) is 3.12. The van der Waals surface area contributed by atoms with Crippen molar-refractivity contribution in [1.29, 1.82) is 0 Å². The Morgan fingerprint density at radius 2 is 2.18 bits per heavy atom. The molecule has 1 N–H and O–H groups in total. The van der Waals surface area contributed by atoms with E-state index in [0.717, 1.165) is 11.3 Å². The van der Waals surface area contributed by atoms with E-state index in [0.29, 0.717) is 17.3 Å². The number of likely N-dealkylation sites (N-methyl/N-ethyl adjacent to an activating group) is 1. The summed E-state index contributed by atoms with van der Waals surface area (Å²) in [5, 5.41) is 3.12. The van der Waals surface area contributed by atoms with Gasteiger partial charge in [-0.25, -0.2) is 8.42 Å². The third kappa shape index (κ3) is 3.00. The van der Waals surface area contributed by atoms with Crippen molar-refractivity contribution in [3.05, 3.63) is 17.0 Å². The summed E-state index contributed by atoms with van der Waals surface area (Å²) in [7, 11) is -1.38. The number of halogens is 1. The van der Waals surface area contributed by atoms with E-state index in [2.05, 4.69) is 5.32 Å². The quantitative estimate of drug-likeness (QED) is 0.919. The van der Waals surface area contributed by atoms with Crippen molar-refractivity contribution in [3.63, 3.8) is 0 Å². The predicted octanol–water partition coefficient (Wildman–Crippen LogP) is 1.46. The van der Waals surface area contributed by atoms with E-state index in [1.54, 1.807) is 10.4 Å². The first kappa shape index (κ1) is 14.9. The maximum absolute atomic E-state index is 12.2. The molecule has 1 aliphatic rings. The van der Waals surface area contributed by atoms with Gasteiger partial charge in [-0.1, -0.05) is 0 Å². The second-order valence-corrected chi connectivity index (χ2v) is 7.46. The average Bonchev–Trinajstić information content (AvgIpc) is 2.85. The van der Waals surface area contributed by atoms with Gasteiger partial charge < -0.3 is 5.32 Å². The Kier molecular flexibility index (Phi) is 4.97. The number of hydrogen-bond acceptors (Lipinski definition) is 4. The highest BCUT2D eigenvalue weighted by Gasteiger charge is 2.32. The van der Waals surface area contributed by atoms with Gasteiger partial charge in [0.1, 0.15) is 4.21 Å². The fourth-order valence-electron chi connectivity index (χ4n) is 1.86. The Bertz CT molecular complexity index is 472. The molecule has 0 saturated carbocycles. The molecule has 1 aromatic rings. The molecule has 1 fully saturated rings. The third-order valence-corrected chi connectivity index (χ3v) is 6.20. The van der Waals surface area contributed by atoms with Gasteiger partial charge in [-0.3, -0.25) is 0 Å². The molecule has 98 valence electrons. The Morgan fingerprint density at radius 3 is 2.65 bits per heavy atom. The zero-order valence-corrected chi connectivity index (χ0v) is 12.3. The van der Waals surface area contributed by atoms with Crippen LogP contribution in [-0.2, 0) is 10.0 Å². The molecule has 1 aliphatic heterocycles. The second kappa shape index (κ2) is 5.67. The Balaban J connectivity index is 0.00000144. The minimum atomic E-state index is -3.25. The molecule has 2 heterocycles. The summed E-state index contributed by atoms with van der Waals surface area (Å²) in [6.07, 6.45) is 0.889. The van der Waals surface area contributed by atoms with Crippen LogP contribution in [0.1, 0.15) is 11.3 Å². The highest BCUT2D eigenvalue weighted by molar-refractivity contribution is 7.91. The summed E-state index contributed by atoms with van der Waals surface area (Å²) in [4.78, 5) is 1.03. The van der Waals surface area contributed by atoms with Gasteiger partial charge in [0.05, 0.1) is 0 Å². The topological polar surface area (TPSA) is 49.4 Å². The van der Waals surface area contributed by atoms with E-state index in [4.69, 9.17) is 0 Å². The van der Waals surface area contributed by atoms with Crippen molar-refractivity contribution in [2.24, 2.45) is 0 Å². The number of nitrogens with one attached hydrogen (secondary N) is 1. The summed E-state index contributed by atoms with van der Waals surface area (Å²) >= 11 is 1.34. The molecule has 0 bridgehead atoms. The number of aryl methyl sites for hydroxylation is 1. The number of sulfonamides is 1. The monoisotopic (exact) mass is 296 g/mol. The van der Waals surface area contributed by atoms with Gasteiger partial charge in [-0.05, 0) is 32.5 Å². The maximum Gasteiger partial charge on any atom is 0.252 e. The number of rotatable bonds is 3. The minimum absolute atomic E-state index is 0. The lowest BCUT2D eigenvalue weighted by atomic mass is 10.3. The summed E-state index contributed by atoms with van der Waals surface area (Å²) in [6, 6.07) is 3.83. The molecule has 7 heteroatoms. The molecular formula is C10H17ClN2O2S2. The van der Waals surface area contributed by atoms with Crippen molar-refractivity contribution in [1.82, 2.24) is 9.62 Å². The normalized spacial score (nSPS) is 21.4. The lowest BCUT2D eigenvalue weighted by Gasteiger charge is -2.14. The van der Waals surface area contributed by atoms with Crippen LogP contribution in [0.3, 0.4) is 0 Å². The van der Waals surface area contributed by atoms with Crippen LogP contribution in [0.5, 0.6) is 0 Å². The third-order valence-electron chi connectivity index (χ3n) is 2.87. The van der Waals surface area contributed by atoms with Crippen molar-refractivity contribution in [2.75, 3.05) is 20.1 Å². The average molecular weight is 297 g/mol. The van der Waals surface area contributed by atoms with Gasteiger partial charge in [0.2, 0.25) is 0 Å². The molecule has 0 aliphatic carbocycles. The van der Waals surface area contributed by atoms with Crippen LogP contribution in [0.4, 0.5) is 0 Å². The summed E-state index contributed by atoms with van der Waals surface area (Å²) in [5.74, 6) is 0. The van der Waals surface area contributed by atoms with Crippen molar-refractivity contribution in [2.45, 2.75) is 23.6 Å². The predicted molar refractivity (Wildman–Crippen MR) is 72.5 cm³/mol. The van der Waals surface area contributed by atoms with Gasteiger partial charge in [0, 0.05) is 24.0 Å². The van der Waals surface area contributed by atoms with E-state index in [1.807, 2.05) is 20.0 Å². The Hall–Kier alpha value is -0.140. The minimum Gasteiger partial charge on any atom is -0.316 e. The SMILES string of the molecule is CNC1CCN(S(=O)(=O)c2ccc(C)s2)C1.Cl. The molecule has 0 amide bonds. The molecule has 0 spiro atoms. The van der Waals surface area contributed by atoms with Crippen LogP contribution in [0.2, 0.25) is 0 Å². The number of nitrogens with zero attached hydrogens (tertiary/aromatic N) is 1. The molecule has 0 aromatic carbocycles. The fourth-order valence-corrected chi connectivity index (χ4v) is 4.80. The lowest BCUT2D eigenvalue weighted by Crippen LogP contribution is -2.33. The highest BCUT2D eigenvalue weighted by Crippen LogP contribution is 2.26. The van der Waals surface area contributed by atoms with E-state index in [1.165, 1.54) is 11.3 Å². The molecule has 0 radical (unpaired) electrons. The van der Waals surface area contributed by atoms with Crippen LogP contribution < -0.4 is 5.32 Å². The van der Waals surface area contributed by atoms with E-state index < -0.39 is 10.0 Å². The first-order valence-corrected chi connectivity index (χ1v) is 7.53. The molecule has 1 aromatic heterocycles. The van der Waals surface area contributed by atoms with Crippen molar-refractivity contribution < 1.29 is 8.42 Å². The van der Waals surface area contributed by atoms with Gasteiger partial charge in [0.25, 0.3) is 10.0 Å². The molecule has 1 atom stereocenters. The van der Waals surface area contributed by atoms with E-state index in [9.17, 15) is 8.42 Å². The van der Waals surface area contributed by atoms with Crippen molar-refractivity contribution >= 4 is 33.8 Å². The van der Waals surface area contributed by atoms with Crippen molar-refractivity contribution in [3.8, 4) is 0 Å². The van der Waals surface area contributed by atoms with Crippen LogP contribution in [0, 0.1) is 6.92 Å². The molecule has 2 rings (SSSR count). The molecular weight excluding hydrogens is 280 g/mol. The molecule has 1 saturated heterocycles. The zero-order valence-electron chi connectivity index (χ0n) is 9.84. The first-order chi connectivity index (χ1) is 7.54. The van der Waals surface area contributed by atoms with Crippen LogP contribution >= 0.6 is 23.7 Å². The summed E-state index contributed by atoms with van der Waals surface area (Å²) < 4.78 is 26.5. The smallest absolute Gasteiger partial charge is 0.252 e. The highest BCUT2D eigenvalue weighted by atomic mass is 35.5. The number of hydrogen-bond donors (Lipinski definition) is 1. The van der Waals surface area contributed by atoms with E-state index in [-0.39, 0.29) is 18.4 Å². The standard InChI is InChI=1S/C10H16N2O2S2.ClH/c1-8-3-4-10(15-8)16(13,14)12-6-5-9(7-12)11-2;/h3-4,9,11H,5-7H2,1-2H3;1H. The first-order valence-electron chi connectivity index (χ1n) is 5.28. The summed E-state index contributed by atoms with van der Waals surface area (Å²) in [5.41, 5.74) is 0. The fraction of sp³-hybridized carbons (Fsp3) is 0.600. The van der Waals surface area contributed by atoms with Crippen LogP contribution in [-0.4, -0.2) is 38.9 Å². The molecule has 17 heavy (non-hydrogen) atoms. The van der Waals surface area contributed by atoms with Crippen LogP contribution in [0.15, 0.2) is 16.3 Å². The second-order valence-electron chi connectivity index (χ2n) is 4.00. The zero-order chi connectivity index (χ0) is 11.8. The number of thiophene rings is 1. The van der Waals surface area contributed by atoms with Gasteiger partial charge >= 0.3 is 0 Å². The van der Waals surface area contributed by atoms with Gasteiger partial charge in [0.15, 0.2) is 0 Å². The molecule has 1 unspecified atom stereocenters. The Labute approximate surface area is 112 Å². The Morgan fingerprint density at radius 1 is 1.47 bits per heavy atom. The van der Waals surface area contributed by atoms with Crippen LogP contribution in [0.25, 0.3) is 0 Å². The molecule has 4 nitrogen and oxygen atoms in total. The largest absolute Gasteiger partial charge is 0.316 e. The van der Waals surface area contributed by atoms with Gasteiger partial charge in [-0.15, -0.1) is 23.7 Å². The van der Waals surface area contributed by atoms with Gasteiger partial charge in [-0.2, -0.15) is 4.31 Å². The maximum atomic E-state index is 12.2.